The summed E-state index contributed by atoms with van der Waals surface area (Å²) >= 11 is 0. The van der Waals surface area contributed by atoms with Crippen molar-refractivity contribution < 1.29 is 0 Å². The van der Waals surface area contributed by atoms with Crippen molar-refractivity contribution in [2.24, 2.45) is 0 Å². The minimum atomic E-state index is -0.225. The van der Waals surface area contributed by atoms with Gasteiger partial charge in [-0.2, -0.15) is 0 Å². The van der Waals surface area contributed by atoms with Crippen molar-refractivity contribution >= 4 is 82.6 Å². The van der Waals surface area contributed by atoms with Crippen LogP contribution in [0.2, 0.25) is 0 Å². The van der Waals surface area contributed by atoms with Crippen LogP contribution >= 0.6 is 0 Å². The van der Waals surface area contributed by atoms with Crippen molar-refractivity contribution in [3.8, 4) is 62.1 Å². The summed E-state index contributed by atoms with van der Waals surface area (Å²) in [6, 6.07) is 107. The molecule has 88 heavy (non-hydrogen) atoms. The Morgan fingerprint density at radius 1 is 0.307 bits per heavy atom. The van der Waals surface area contributed by atoms with Gasteiger partial charge in [-0.25, -0.2) is 15.0 Å². The average Bonchev–Trinajstić information content (AvgIpc) is 1.77. The van der Waals surface area contributed by atoms with E-state index in [-0.39, 0.29) is 5.54 Å². The van der Waals surface area contributed by atoms with Gasteiger partial charge >= 0.3 is 0 Å². The maximum Gasteiger partial charge on any atom is 0.164 e. The number of aromatic nitrogens is 4. The molecule has 0 aliphatic heterocycles. The van der Waals surface area contributed by atoms with Crippen molar-refractivity contribution in [3.05, 3.63) is 322 Å². The van der Waals surface area contributed by atoms with Crippen LogP contribution in [0.25, 0.3) is 116 Å². The van der Waals surface area contributed by atoms with Gasteiger partial charge in [-0.1, -0.05) is 218 Å². The molecule has 1 unspecified atom stereocenters. The van der Waals surface area contributed by atoms with E-state index in [1.807, 2.05) is 36.4 Å². The first kappa shape index (κ1) is 52.1. The Morgan fingerprint density at radius 3 is 1.20 bits per heavy atom. The fourth-order valence-corrected chi connectivity index (χ4v) is 13.2. The number of para-hydroxylation sites is 3. The third-order valence-corrected chi connectivity index (χ3v) is 17.5. The number of hydrogen-bond acceptors (Lipinski definition) is 5. The Hall–Kier alpha value is -11.5. The highest BCUT2D eigenvalue weighted by Crippen LogP contribution is 2.44. The van der Waals surface area contributed by atoms with Gasteiger partial charge in [0.2, 0.25) is 0 Å². The number of anilines is 5. The molecule has 0 amide bonds. The molecule has 416 valence electrons. The Kier molecular flexibility index (Phi) is 12.9. The number of rotatable bonds is 12. The van der Waals surface area contributed by atoms with Crippen molar-refractivity contribution in [2.75, 3.05) is 9.80 Å². The molecule has 0 N–H and O–H groups in total. The molecule has 2 aromatic heterocycles. The molecular weight excluding hydrogens is 1070 g/mol. The lowest BCUT2D eigenvalue weighted by Crippen LogP contribution is -2.42. The minimum absolute atomic E-state index is 0.225. The van der Waals surface area contributed by atoms with Crippen LogP contribution in [0.5, 0.6) is 0 Å². The van der Waals surface area contributed by atoms with Gasteiger partial charge in [0.15, 0.2) is 17.5 Å². The maximum absolute atomic E-state index is 5.18. The molecule has 13 aromatic carbocycles. The van der Waals surface area contributed by atoms with Gasteiger partial charge in [0, 0.05) is 61.6 Å². The van der Waals surface area contributed by atoms with Crippen molar-refractivity contribution in [2.45, 2.75) is 18.9 Å². The molecular formula is C82H58N6. The van der Waals surface area contributed by atoms with Gasteiger partial charge in [-0.3, -0.25) is 0 Å². The minimum Gasteiger partial charge on any atom is -0.332 e. The summed E-state index contributed by atoms with van der Waals surface area (Å²) in [7, 11) is 0. The van der Waals surface area contributed by atoms with Crippen molar-refractivity contribution in [1.29, 1.82) is 0 Å². The Balaban J connectivity index is 0.860. The van der Waals surface area contributed by atoms with Gasteiger partial charge < -0.3 is 14.4 Å². The lowest BCUT2D eigenvalue weighted by atomic mass is 9.90. The molecule has 1 aliphatic carbocycles. The monoisotopic (exact) mass is 1130 g/mol. The summed E-state index contributed by atoms with van der Waals surface area (Å²) in [5, 5.41) is 9.38. The Bertz CT molecular complexity index is 5060. The quantitative estimate of drug-likeness (QED) is 0.114. The normalized spacial score (nSPS) is 13.9. The van der Waals surface area contributed by atoms with Crippen LogP contribution in [-0.2, 0) is 0 Å². The Labute approximate surface area is 511 Å². The van der Waals surface area contributed by atoms with Crippen LogP contribution in [0, 0.1) is 0 Å². The van der Waals surface area contributed by atoms with Gasteiger partial charge in [-0.15, -0.1) is 0 Å². The summed E-state index contributed by atoms with van der Waals surface area (Å²) in [6.07, 6.45) is 9.81. The molecule has 6 nitrogen and oxygen atoms in total. The van der Waals surface area contributed by atoms with E-state index in [1.165, 1.54) is 32.3 Å². The van der Waals surface area contributed by atoms with Gasteiger partial charge in [0.25, 0.3) is 0 Å². The van der Waals surface area contributed by atoms with Gasteiger partial charge in [0.05, 0.1) is 16.6 Å². The largest absolute Gasteiger partial charge is 0.332 e. The second kappa shape index (κ2) is 21.9. The summed E-state index contributed by atoms with van der Waals surface area (Å²) in [5.74, 6) is 1.89. The van der Waals surface area contributed by atoms with Crippen LogP contribution in [0.3, 0.4) is 0 Å². The molecule has 0 bridgehead atoms. The topological polar surface area (TPSA) is 50.1 Å². The van der Waals surface area contributed by atoms with E-state index in [1.54, 1.807) is 0 Å². The molecule has 1 atom stereocenters. The number of allylic oxidation sites excluding steroid dienone is 2. The standard InChI is InChI=1S/C82H58N6/c1-82(50-20-7-21-51-82)88(66-30-16-6-17-31-66)67-43-36-57(37-44-67)61-40-49-78-76(53-61)75-52-60(56-34-41-65(42-35-56)86(63-26-12-4-13-27-63)64-28-14-5-15-29-64)39-48-77(75)87(78)68-45-47-72-70-33-19-18-32-69(70)71-46-38-62(54-73(71)74(72)55-68)81-84-79(58-22-8-2-9-23-58)83-80(85-81)59-24-10-3-11-25-59/h2-50,52-55H,51H2,1H3. The number of benzene rings is 13. The van der Waals surface area contributed by atoms with Gasteiger partial charge in [0.1, 0.15) is 0 Å². The molecule has 0 saturated carbocycles. The van der Waals surface area contributed by atoms with E-state index < -0.39 is 0 Å². The summed E-state index contributed by atoms with van der Waals surface area (Å²) < 4.78 is 2.46. The third-order valence-electron chi connectivity index (χ3n) is 17.5. The summed E-state index contributed by atoms with van der Waals surface area (Å²) in [4.78, 5) is 20.2. The number of fused-ring (bicyclic) bond motifs is 9. The second-order valence-electron chi connectivity index (χ2n) is 23.0. The highest BCUT2D eigenvalue weighted by Gasteiger charge is 2.31. The average molecular weight is 1130 g/mol. The second-order valence-corrected chi connectivity index (χ2v) is 23.0. The first-order valence-electron chi connectivity index (χ1n) is 30.1. The highest BCUT2D eigenvalue weighted by molar-refractivity contribution is 6.26. The molecule has 0 saturated heterocycles. The predicted octanol–water partition coefficient (Wildman–Crippen LogP) is 21.6. The molecule has 0 fully saturated rings. The van der Waals surface area contributed by atoms with Crippen LogP contribution in [0.15, 0.2) is 322 Å². The molecule has 15 aromatic rings. The number of hydrogen-bond donors (Lipinski definition) is 0. The van der Waals surface area contributed by atoms with Crippen LogP contribution in [0.4, 0.5) is 28.4 Å². The van der Waals surface area contributed by atoms with Crippen LogP contribution < -0.4 is 9.80 Å². The first-order chi connectivity index (χ1) is 43.5. The molecule has 16 rings (SSSR count). The van der Waals surface area contributed by atoms with E-state index in [2.05, 4.69) is 306 Å². The molecule has 6 heteroatoms. The van der Waals surface area contributed by atoms with E-state index in [4.69, 9.17) is 15.0 Å². The molecule has 0 spiro atoms. The zero-order chi connectivity index (χ0) is 58.5. The van der Waals surface area contributed by atoms with E-state index in [9.17, 15) is 0 Å². The fourth-order valence-electron chi connectivity index (χ4n) is 13.2. The lowest BCUT2D eigenvalue weighted by molar-refractivity contribution is 0.570. The Morgan fingerprint density at radius 2 is 0.693 bits per heavy atom. The SMILES string of the molecule is CC1(N(c2ccccc2)c2ccc(-c3ccc4c(c3)c3cc(-c5ccc(N(c6ccccc6)c6ccccc6)cc5)ccc3n4-c3ccc4c5ccccc5c5ccc(-c6nc(-c7ccccc7)nc(-c7ccccc7)n6)cc5c4c3)cc2)C=CC=CC1. The number of nitrogens with zero attached hydrogens (tertiary/aromatic N) is 6. The van der Waals surface area contributed by atoms with Crippen LogP contribution in [-0.4, -0.2) is 25.1 Å². The smallest absolute Gasteiger partial charge is 0.164 e. The zero-order valence-electron chi connectivity index (χ0n) is 48.5. The highest BCUT2D eigenvalue weighted by atomic mass is 15.2. The van der Waals surface area contributed by atoms with E-state index >= 15 is 0 Å². The van der Waals surface area contributed by atoms with Crippen molar-refractivity contribution in [1.82, 2.24) is 19.5 Å². The zero-order valence-corrected chi connectivity index (χ0v) is 48.5. The summed E-state index contributed by atoms with van der Waals surface area (Å²) in [6.45, 7) is 2.32. The predicted molar refractivity (Wildman–Crippen MR) is 368 cm³/mol. The maximum atomic E-state index is 5.18. The van der Waals surface area contributed by atoms with E-state index in [0.29, 0.717) is 17.5 Å². The van der Waals surface area contributed by atoms with Crippen LogP contribution in [0.1, 0.15) is 13.3 Å². The van der Waals surface area contributed by atoms with Crippen molar-refractivity contribution in [3.63, 3.8) is 0 Å². The lowest BCUT2D eigenvalue weighted by Gasteiger charge is -2.41. The molecule has 0 radical (unpaired) electrons. The summed E-state index contributed by atoms with van der Waals surface area (Å²) in [5.41, 5.74) is 16.1. The molecule has 1 aliphatic rings. The first-order valence-corrected chi connectivity index (χ1v) is 30.1. The molecule has 2 heterocycles. The fraction of sp³-hybridized carbons (Fsp3) is 0.0366. The third kappa shape index (κ3) is 9.36. The van der Waals surface area contributed by atoms with E-state index in [0.717, 1.165) is 101 Å². The van der Waals surface area contributed by atoms with Gasteiger partial charge in [-0.05, 0) is 171 Å².